The predicted molar refractivity (Wildman–Crippen MR) is 217 cm³/mol. The van der Waals surface area contributed by atoms with Crippen LogP contribution in [0, 0.1) is 0 Å². The van der Waals surface area contributed by atoms with Crippen LogP contribution >= 0.6 is 0 Å². The summed E-state index contributed by atoms with van der Waals surface area (Å²) < 4.78 is 0. The molecule has 4 aromatic carbocycles. The summed E-state index contributed by atoms with van der Waals surface area (Å²) in [6, 6.07) is 17.1. The van der Waals surface area contributed by atoms with Gasteiger partial charge in [-0.3, -0.25) is 0 Å². The molecule has 4 heteroatoms. The minimum absolute atomic E-state index is 0.123. The van der Waals surface area contributed by atoms with Crippen LogP contribution in [0.2, 0.25) is 0 Å². The number of hydrogen-bond acceptors (Lipinski definition) is 4. The standard InChI is InChI=1S/C48H64O4/c1-45(2,3)37-21-29-13-15-31-23-38(46(4,5)6)25-33(42(31)50)17-19-35-27-40(48(10,11)12)28-36(44(35)52)20-18-34-26-39(47(7,8)9)24-32(43(34)51)16-14-30(22-37)41(29)49/h21-28,49-52H,13-20H2,1-12H3. The highest BCUT2D eigenvalue weighted by atomic mass is 16.3. The van der Waals surface area contributed by atoms with Gasteiger partial charge in [-0.1, -0.05) is 132 Å². The van der Waals surface area contributed by atoms with Crippen LogP contribution in [0.15, 0.2) is 48.5 Å². The van der Waals surface area contributed by atoms with E-state index < -0.39 is 0 Å². The van der Waals surface area contributed by atoms with Gasteiger partial charge in [0.25, 0.3) is 0 Å². The predicted octanol–water partition coefficient (Wildman–Crippen LogP) is 11.2. The fourth-order valence-electron chi connectivity index (χ4n) is 7.37. The molecular weight excluding hydrogens is 641 g/mol. The van der Waals surface area contributed by atoms with Gasteiger partial charge in [0.1, 0.15) is 23.0 Å². The Morgan fingerprint density at radius 1 is 0.269 bits per heavy atom. The van der Waals surface area contributed by atoms with Crippen molar-refractivity contribution >= 4 is 0 Å². The smallest absolute Gasteiger partial charge is 0.121 e. The lowest BCUT2D eigenvalue weighted by atomic mass is 9.80. The second-order valence-electron chi connectivity index (χ2n) is 19.6. The maximum Gasteiger partial charge on any atom is 0.121 e. The van der Waals surface area contributed by atoms with E-state index in [1.54, 1.807) is 0 Å². The van der Waals surface area contributed by atoms with Gasteiger partial charge in [-0.05, 0) is 140 Å². The Morgan fingerprint density at radius 3 is 0.481 bits per heavy atom. The summed E-state index contributed by atoms with van der Waals surface area (Å²) in [6.45, 7) is 26.4. The summed E-state index contributed by atoms with van der Waals surface area (Å²) in [7, 11) is 0. The van der Waals surface area contributed by atoms with Crippen LogP contribution in [0.1, 0.15) is 150 Å². The van der Waals surface area contributed by atoms with Crippen LogP contribution < -0.4 is 0 Å². The summed E-state index contributed by atoms with van der Waals surface area (Å²) >= 11 is 0. The molecule has 4 nitrogen and oxygen atoms in total. The number of rotatable bonds is 0. The fourth-order valence-corrected chi connectivity index (χ4v) is 7.37. The molecule has 1 aliphatic rings. The largest absolute Gasteiger partial charge is 0.507 e. The second-order valence-corrected chi connectivity index (χ2v) is 19.6. The van der Waals surface area contributed by atoms with E-state index in [0.717, 1.165) is 66.8 Å². The molecule has 280 valence electrons. The normalized spacial score (nSPS) is 15.0. The van der Waals surface area contributed by atoms with Crippen molar-refractivity contribution in [3.63, 3.8) is 0 Å². The molecule has 4 aromatic rings. The first kappa shape index (κ1) is 39.3. The SMILES string of the molecule is CC(C)(C)c1cc2c(O)c(c1)CCc1cc(C(C)(C)C)cc(c1O)CCc1cc(C(C)(C)C)cc(c1O)CCc1cc(C(C)(C)C)cc(c1O)CC2. The molecule has 1 aliphatic carbocycles. The number of phenolic OH excluding ortho intramolecular Hbond substituents is 4. The van der Waals surface area contributed by atoms with Crippen molar-refractivity contribution in [1.82, 2.24) is 0 Å². The molecule has 0 unspecified atom stereocenters. The van der Waals surface area contributed by atoms with Gasteiger partial charge in [0.2, 0.25) is 0 Å². The van der Waals surface area contributed by atoms with Crippen molar-refractivity contribution in [2.75, 3.05) is 0 Å². The monoisotopic (exact) mass is 704 g/mol. The number of phenols is 4. The highest BCUT2D eigenvalue weighted by Crippen LogP contribution is 2.40. The third-order valence-electron chi connectivity index (χ3n) is 11.2. The highest BCUT2D eigenvalue weighted by Gasteiger charge is 2.25. The molecule has 5 rings (SSSR count). The van der Waals surface area contributed by atoms with Crippen molar-refractivity contribution in [1.29, 1.82) is 0 Å². The average molecular weight is 705 g/mol. The van der Waals surface area contributed by atoms with E-state index in [-0.39, 0.29) is 21.7 Å². The molecule has 0 heterocycles. The van der Waals surface area contributed by atoms with E-state index in [1.807, 2.05) is 0 Å². The fraction of sp³-hybridized carbons (Fsp3) is 0.500. The first-order chi connectivity index (χ1) is 23.9. The van der Waals surface area contributed by atoms with Crippen molar-refractivity contribution in [3.8, 4) is 23.0 Å². The second kappa shape index (κ2) is 14.1. The molecule has 0 saturated heterocycles. The van der Waals surface area contributed by atoms with Gasteiger partial charge >= 0.3 is 0 Å². The molecule has 0 spiro atoms. The first-order valence-electron chi connectivity index (χ1n) is 19.3. The molecule has 0 aliphatic heterocycles. The summed E-state index contributed by atoms with van der Waals surface area (Å²) in [5.74, 6) is 1.24. The Balaban J connectivity index is 1.72. The topological polar surface area (TPSA) is 80.9 Å². The van der Waals surface area contributed by atoms with Crippen LogP contribution in [0.3, 0.4) is 0 Å². The summed E-state index contributed by atoms with van der Waals surface area (Å²) in [6.07, 6.45) is 4.64. The molecular formula is C48H64O4. The lowest BCUT2D eigenvalue weighted by Gasteiger charge is -2.25. The van der Waals surface area contributed by atoms with Crippen LogP contribution in [-0.2, 0) is 73.0 Å². The Bertz CT molecular complexity index is 1560. The van der Waals surface area contributed by atoms with E-state index in [0.29, 0.717) is 74.4 Å². The molecule has 0 amide bonds. The summed E-state index contributed by atoms with van der Waals surface area (Å²) in [5, 5.41) is 47.2. The van der Waals surface area contributed by atoms with Gasteiger partial charge in [-0.15, -0.1) is 0 Å². The van der Waals surface area contributed by atoms with Gasteiger partial charge < -0.3 is 20.4 Å². The van der Waals surface area contributed by atoms with Crippen molar-refractivity contribution in [2.45, 2.75) is 156 Å². The first-order valence-corrected chi connectivity index (χ1v) is 19.3. The van der Waals surface area contributed by atoms with Gasteiger partial charge in [0, 0.05) is 0 Å². The van der Waals surface area contributed by atoms with Crippen LogP contribution in [-0.4, -0.2) is 20.4 Å². The lowest BCUT2D eigenvalue weighted by molar-refractivity contribution is 0.447. The maximum atomic E-state index is 11.8. The molecule has 0 fully saturated rings. The van der Waals surface area contributed by atoms with Crippen molar-refractivity contribution in [2.24, 2.45) is 0 Å². The van der Waals surface area contributed by atoms with Crippen LogP contribution in [0.4, 0.5) is 0 Å². The Morgan fingerprint density at radius 2 is 0.385 bits per heavy atom. The van der Waals surface area contributed by atoms with E-state index in [4.69, 9.17) is 0 Å². The van der Waals surface area contributed by atoms with Crippen molar-refractivity contribution < 1.29 is 20.4 Å². The van der Waals surface area contributed by atoms with Gasteiger partial charge in [0.05, 0.1) is 0 Å². The number of aryl methyl sites for hydroxylation is 8. The maximum absolute atomic E-state index is 11.8. The molecule has 0 aromatic heterocycles. The van der Waals surface area contributed by atoms with E-state index >= 15 is 0 Å². The molecule has 52 heavy (non-hydrogen) atoms. The summed E-state index contributed by atoms with van der Waals surface area (Å²) in [4.78, 5) is 0. The third kappa shape index (κ3) is 8.64. The van der Waals surface area contributed by atoms with Crippen molar-refractivity contribution in [3.05, 3.63) is 115 Å². The lowest BCUT2D eigenvalue weighted by Crippen LogP contribution is -2.15. The Labute approximate surface area is 314 Å². The Kier molecular flexibility index (Phi) is 10.7. The third-order valence-corrected chi connectivity index (χ3v) is 11.2. The number of fused-ring (bicyclic) bond motifs is 8. The molecule has 0 radical (unpaired) electrons. The molecule has 4 N–H and O–H groups in total. The minimum Gasteiger partial charge on any atom is -0.507 e. The zero-order valence-electron chi connectivity index (χ0n) is 34.1. The Hall–Kier alpha value is -3.92. The number of benzene rings is 4. The van der Waals surface area contributed by atoms with E-state index in [9.17, 15) is 20.4 Å². The number of aromatic hydroxyl groups is 4. The van der Waals surface area contributed by atoms with Gasteiger partial charge in [0.15, 0.2) is 0 Å². The zero-order valence-corrected chi connectivity index (χ0v) is 34.1. The van der Waals surface area contributed by atoms with Crippen LogP contribution in [0.25, 0.3) is 0 Å². The average Bonchev–Trinajstić information content (AvgIpc) is 3.02. The quantitative estimate of drug-likeness (QED) is 0.147. The van der Waals surface area contributed by atoms with Gasteiger partial charge in [-0.25, -0.2) is 0 Å². The number of hydrogen-bond donors (Lipinski definition) is 4. The van der Waals surface area contributed by atoms with Crippen LogP contribution in [0.5, 0.6) is 23.0 Å². The van der Waals surface area contributed by atoms with Gasteiger partial charge in [-0.2, -0.15) is 0 Å². The van der Waals surface area contributed by atoms with E-state index in [1.165, 1.54) is 0 Å². The minimum atomic E-state index is -0.123. The van der Waals surface area contributed by atoms with E-state index in [2.05, 4.69) is 132 Å². The molecule has 0 saturated carbocycles. The molecule has 0 atom stereocenters. The highest BCUT2D eigenvalue weighted by molar-refractivity contribution is 5.53. The zero-order chi connectivity index (χ0) is 38.6. The summed E-state index contributed by atoms with van der Waals surface area (Å²) in [5.41, 5.74) is 11.2. The molecule has 8 bridgehead atoms.